The lowest BCUT2D eigenvalue weighted by Gasteiger charge is -2.11. The normalized spacial score (nSPS) is 11.9. The van der Waals surface area contributed by atoms with Crippen molar-refractivity contribution in [2.24, 2.45) is 0 Å². The minimum absolute atomic E-state index is 0.666. The maximum atomic E-state index is 5.17. The highest BCUT2D eigenvalue weighted by molar-refractivity contribution is 7.26. The topological polar surface area (TPSA) is 56.5 Å². The molecule has 0 N–H and O–H groups in total. The predicted molar refractivity (Wildman–Crippen MR) is 148 cm³/mol. The van der Waals surface area contributed by atoms with E-state index in [9.17, 15) is 0 Å². The van der Waals surface area contributed by atoms with Gasteiger partial charge >= 0.3 is 0 Å². The second-order valence-electron chi connectivity index (χ2n) is 8.79. The second kappa shape index (κ2) is 7.41. The van der Waals surface area contributed by atoms with E-state index in [1.54, 1.807) is 17.7 Å². The van der Waals surface area contributed by atoms with Gasteiger partial charge in [-0.2, -0.15) is 0 Å². The van der Waals surface area contributed by atoms with Crippen LogP contribution in [-0.2, 0) is 0 Å². The molecule has 8 aromatic rings. The lowest BCUT2D eigenvalue weighted by Crippen LogP contribution is -2.03. The fourth-order valence-corrected chi connectivity index (χ4v) is 6.39. The first-order valence-corrected chi connectivity index (χ1v) is 12.6. The fourth-order valence-electron chi connectivity index (χ4n) is 5.22. The molecule has 0 unspecified atom stereocenters. The Hall–Kier alpha value is -4.68. The third kappa shape index (κ3) is 2.70. The van der Waals surface area contributed by atoms with Crippen LogP contribution < -0.4 is 0 Å². The molecule has 0 atom stereocenters. The largest absolute Gasteiger partial charge is 0.278 e. The summed E-state index contributed by atoms with van der Waals surface area (Å²) >= 11 is 1.71. The highest BCUT2D eigenvalue weighted by Gasteiger charge is 2.20. The van der Waals surface area contributed by atoms with E-state index in [1.165, 1.54) is 20.9 Å². The van der Waals surface area contributed by atoms with Crippen molar-refractivity contribution in [3.8, 4) is 17.2 Å². The van der Waals surface area contributed by atoms with Crippen molar-refractivity contribution in [2.45, 2.75) is 0 Å². The highest BCUT2D eigenvalue weighted by atomic mass is 32.1. The van der Waals surface area contributed by atoms with Gasteiger partial charge in [-0.15, -0.1) is 11.3 Å². The first kappa shape index (κ1) is 19.6. The zero-order valence-electron chi connectivity index (χ0n) is 19.0. The van der Waals surface area contributed by atoms with E-state index in [0.29, 0.717) is 5.95 Å². The minimum atomic E-state index is 0.666. The Bertz CT molecular complexity index is 2110. The molecular weight excluding hydrogens is 462 g/mol. The van der Waals surface area contributed by atoms with Crippen molar-refractivity contribution in [1.29, 1.82) is 0 Å². The van der Waals surface area contributed by atoms with Crippen LogP contribution in [0.1, 0.15) is 0 Å². The molecular formula is C30H17N5S. The monoisotopic (exact) mass is 479 g/mol. The minimum Gasteiger partial charge on any atom is -0.278 e. The van der Waals surface area contributed by atoms with Gasteiger partial charge in [0.25, 0.3) is 0 Å². The molecule has 0 radical (unpaired) electrons. The zero-order chi connectivity index (χ0) is 23.6. The second-order valence-corrected chi connectivity index (χ2v) is 9.79. The van der Waals surface area contributed by atoms with E-state index in [1.807, 2.05) is 36.5 Å². The fraction of sp³-hybridized carbons (Fsp3) is 0. The van der Waals surface area contributed by atoms with Crippen LogP contribution >= 0.6 is 11.3 Å². The lowest BCUT2D eigenvalue weighted by atomic mass is 10.1. The van der Waals surface area contributed by atoms with E-state index in [4.69, 9.17) is 9.97 Å². The average Bonchev–Trinajstić information content (AvgIpc) is 3.48. The number of thiophene rings is 1. The van der Waals surface area contributed by atoms with Crippen molar-refractivity contribution < 1.29 is 0 Å². The van der Waals surface area contributed by atoms with Gasteiger partial charge in [0, 0.05) is 43.4 Å². The summed E-state index contributed by atoms with van der Waals surface area (Å²) in [5.74, 6) is 0.666. The van der Waals surface area contributed by atoms with Crippen LogP contribution in [0, 0.1) is 0 Å². The molecule has 168 valence electrons. The molecule has 0 aliphatic rings. The van der Waals surface area contributed by atoms with Crippen molar-refractivity contribution in [3.63, 3.8) is 0 Å². The molecule has 0 amide bonds. The van der Waals surface area contributed by atoms with E-state index < -0.39 is 0 Å². The molecule has 0 aliphatic carbocycles. The molecule has 5 nitrogen and oxygen atoms in total. The standard InChI is InChI=1S/C30H17N5S/c1-2-8-18(9-3-1)27-20-10-4-6-12-23(20)33-30(34-27)35-24-13-7-5-11-21(24)26-25(35)15-14-19-22-16-31-17-32-29(22)36-28(19)26/h1-17H. The van der Waals surface area contributed by atoms with Gasteiger partial charge in [-0.1, -0.05) is 72.8 Å². The maximum Gasteiger partial charge on any atom is 0.235 e. The molecule has 0 bridgehead atoms. The maximum absolute atomic E-state index is 5.17. The molecule has 0 saturated heterocycles. The van der Waals surface area contributed by atoms with E-state index in [0.717, 1.165) is 43.4 Å². The predicted octanol–water partition coefficient (Wildman–Crippen LogP) is 7.55. The summed E-state index contributed by atoms with van der Waals surface area (Å²) in [5.41, 5.74) is 5.09. The van der Waals surface area contributed by atoms with Crippen LogP contribution in [0.5, 0.6) is 0 Å². The molecule has 0 saturated carbocycles. The summed E-state index contributed by atoms with van der Waals surface area (Å²) in [6.07, 6.45) is 3.52. The van der Waals surface area contributed by atoms with E-state index in [-0.39, 0.29) is 0 Å². The Morgan fingerprint density at radius 3 is 2.36 bits per heavy atom. The van der Waals surface area contributed by atoms with Gasteiger partial charge in [0.15, 0.2) is 0 Å². The summed E-state index contributed by atoms with van der Waals surface area (Å²) < 4.78 is 3.40. The number of benzene rings is 4. The zero-order valence-corrected chi connectivity index (χ0v) is 19.8. The van der Waals surface area contributed by atoms with Crippen molar-refractivity contribution in [2.75, 3.05) is 0 Å². The van der Waals surface area contributed by atoms with Crippen molar-refractivity contribution in [3.05, 3.63) is 104 Å². The Balaban J connectivity index is 1.53. The van der Waals surface area contributed by atoms with Gasteiger partial charge in [-0.25, -0.2) is 19.9 Å². The molecule has 0 aliphatic heterocycles. The van der Waals surface area contributed by atoms with Gasteiger partial charge in [-0.3, -0.25) is 4.57 Å². The molecule has 0 spiro atoms. The van der Waals surface area contributed by atoms with Crippen LogP contribution in [0.25, 0.3) is 70.2 Å². The van der Waals surface area contributed by atoms with Gasteiger partial charge in [0.2, 0.25) is 5.95 Å². The third-order valence-corrected chi connectivity index (χ3v) is 7.94. The Morgan fingerprint density at radius 2 is 1.44 bits per heavy atom. The summed E-state index contributed by atoms with van der Waals surface area (Å²) in [4.78, 5) is 20.0. The van der Waals surface area contributed by atoms with Crippen LogP contribution in [0.3, 0.4) is 0 Å². The quantitative estimate of drug-likeness (QED) is 0.257. The molecule has 4 heterocycles. The molecule has 0 fully saturated rings. The van der Waals surface area contributed by atoms with Crippen LogP contribution in [-0.4, -0.2) is 24.5 Å². The molecule has 6 heteroatoms. The third-order valence-electron chi connectivity index (χ3n) is 6.79. The highest BCUT2D eigenvalue weighted by Crippen LogP contribution is 2.42. The van der Waals surface area contributed by atoms with Gasteiger partial charge in [0.05, 0.1) is 22.2 Å². The molecule has 4 aromatic heterocycles. The summed E-state index contributed by atoms with van der Waals surface area (Å²) in [5, 5.41) is 5.68. The molecule has 4 aromatic carbocycles. The molecule has 8 rings (SSSR count). The number of hydrogen-bond acceptors (Lipinski definition) is 5. The Kier molecular flexibility index (Phi) is 4.03. The number of hydrogen-bond donors (Lipinski definition) is 0. The SMILES string of the molecule is c1ccc(-c2nc(-n3c4ccccc4c4c5sc6ncncc6c5ccc43)nc3ccccc23)cc1. The first-order chi connectivity index (χ1) is 17.9. The Morgan fingerprint density at radius 1 is 0.639 bits per heavy atom. The number of para-hydroxylation sites is 2. The number of fused-ring (bicyclic) bond motifs is 8. The van der Waals surface area contributed by atoms with Gasteiger partial charge in [0.1, 0.15) is 11.2 Å². The van der Waals surface area contributed by atoms with Crippen LogP contribution in [0.2, 0.25) is 0 Å². The summed E-state index contributed by atoms with van der Waals surface area (Å²) in [6.45, 7) is 0. The van der Waals surface area contributed by atoms with Gasteiger partial charge < -0.3 is 0 Å². The summed E-state index contributed by atoms with van der Waals surface area (Å²) in [7, 11) is 0. The number of rotatable bonds is 2. The van der Waals surface area contributed by atoms with Gasteiger partial charge in [-0.05, 0) is 18.2 Å². The van der Waals surface area contributed by atoms with Crippen LogP contribution in [0.15, 0.2) is 104 Å². The molecule has 36 heavy (non-hydrogen) atoms. The lowest BCUT2D eigenvalue weighted by molar-refractivity contribution is 1.01. The van der Waals surface area contributed by atoms with E-state index >= 15 is 0 Å². The number of aromatic nitrogens is 5. The Labute approximate surface area is 209 Å². The van der Waals surface area contributed by atoms with Crippen molar-refractivity contribution >= 4 is 64.3 Å². The first-order valence-electron chi connectivity index (χ1n) is 11.7. The average molecular weight is 480 g/mol. The van der Waals surface area contributed by atoms with Crippen molar-refractivity contribution in [1.82, 2.24) is 24.5 Å². The number of nitrogens with zero attached hydrogens (tertiary/aromatic N) is 5. The smallest absolute Gasteiger partial charge is 0.235 e. The van der Waals surface area contributed by atoms with E-state index in [2.05, 4.69) is 75.2 Å². The van der Waals surface area contributed by atoms with Crippen LogP contribution in [0.4, 0.5) is 0 Å². The summed E-state index contributed by atoms with van der Waals surface area (Å²) in [6, 6.07) is 31.4.